The fourth-order valence-corrected chi connectivity index (χ4v) is 2.28. The van der Waals surface area contributed by atoms with Crippen molar-refractivity contribution in [3.05, 3.63) is 40.4 Å². The molecule has 0 fully saturated rings. The summed E-state index contributed by atoms with van der Waals surface area (Å²) < 4.78 is 8.25. The van der Waals surface area contributed by atoms with Gasteiger partial charge in [-0.05, 0) is 38.6 Å². The van der Waals surface area contributed by atoms with Crippen molar-refractivity contribution in [1.29, 1.82) is 0 Å². The highest BCUT2D eigenvalue weighted by Crippen LogP contribution is 2.19. The Morgan fingerprint density at radius 3 is 2.86 bits per heavy atom. The molecule has 0 aliphatic heterocycles. The maximum absolute atomic E-state index is 5.82. The fourth-order valence-electron chi connectivity index (χ4n) is 2.07. The summed E-state index contributed by atoms with van der Waals surface area (Å²) in [7, 11) is 0. The highest BCUT2D eigenvalue weighted by atomic mass is 32.1. The van der Waals surface area contributed by atoms with Crippen LogP contribution in [0.5, 0.6) is 5.75 Å². The Bertz CT molecular complexity index is 633. The number of aromatic nitrogens is 3. The number of aryl methyl sites for hydroxylation is 1. The van der Waals surface area contributed by atoms with E-state index in [1.54, 1.807) is 0 Å². The van der Waals surface area contributed by atoms with Crippen LogP contribution < -0.4 is 10.2 Å². The molecule has 1 aromatic carbocycles. The van der Waals surface area contributed by atoms with Crippen LogP contribution >= 0.6 is 12.2 Å². The number of aromatic amines is 1. The molecule has 2 aromatic rings. The molecule has 114 valence electrons. The molecule has 0 spiro atoms. The van der Waals surface area contributed by atoms with Crippen molar-refractivity contribution in [3.8, 4) is 5.75 Å². The number of hydrogen-bond acceptors (Lipinski definition) is 4. The van der Waals surface area contributed by atoms with Crippen LogP contribution in [0, 0.1) is 4.77 Å². The molecule has 0 bridgehead atoms. The molecule has 0 radical (unpaired) electrons. The lowest BCUT2D eigenvalue weighted by Crippen LogP contribution is -2.18. The van der Waals surface area contributed by atoms with E-state index in [0.29, 0.717) is 11.3 Å². The first-order valence-corrected chi connectivity index (χ1v) is 7.67. The van der Waals surface area contributed by atoms with Crippen LogP contribution in [0.4, 0.5) is 0 Å². The zero-order valence-electron chi connectivity index (χ0n) is 12.7. The topological polar surface area (TPSA) is 54.9 Å². The van der Waals surface area contributed by atoms with E-state index in [4.69, 9.17) is 17.0 Å². The summed E-state index contributed by atoms with van der Waals surface area (Å²) in [5, 5.41) is 7.07. The van der Waals surface area contributed by atoms with Crippen LogP contribution in [-0.2, 0) is 13.0 Å². The Morgan fingerprint density at radius 1 is 1.38 bits per heavy atom. The van der Waals surface area contributed by atoms with Gasteiger partial charge in [-0.15, -0.1) is 0 Å². The highest BCUT2D eigenvalue weighted by Gasteiger charge is 2.08. The smallest absolute Gasteiger partial charge is 0.214 e. The molecule has 0 unspecified atom stereocenters. The second kappa shape index (κ2) is 7.26. The van der Waals surface area contributed by atoms with E-state index in [-0.39, 0.29) is 6.10 Å². The van der Waals surface area contributed by atoms with Crippen molar-refractivity contribution in [2.45, 2.75) is 46.3 Å². The molecule has 1 heterocycles. The average molecular weight is 306 g/mol. The van der Waals surface area contributed by atoms with Gasteiger partial charge in [-0.25, -0.2) is 4.68 Å². The quantitative estimate of drug-likeness (QED) is 0.770. The first-order chi connectivity index (χ1) is 10.1. The minimum atomic E-state index is 0.151. The van der Waals surface area contributed by atoms with Crippen molar-refractivity contribution >= 4 is 12.2 Å². The number of para-hydroxylation sites is 1. The van der Waals surface area contributed by atoms with E-state index in [9.17, 15) is 0 Å². The summed E-state index contributed by atoms with van der Waals surface area (Å²) in [5.41, 5.74) is 4.41. The predicted molar refractivity (Wildman–Crippen MR) is 86.7 cm³/mol. The van der Waals surface area contributed by atoms with Crippen LogP contribution in [-0.4, -0.2) is 21.0 Å². The summed E-state index contributed by atoms with van der Waals surface area (Å²) in [5.74, 6) is 1.82. The van der Waals surface area contributed by atoms with E-state index >= 15 is 0 Å². The van der Waals surface area contributed by atoms with Gasteiger partial charge in [0.25, 0.3) is 0 Å². The molecule has 2 rings (SSSR count). The molecule has 0 aliphatic carbocycles. The number of hydrogen-bond donors (Lipinski definition) is 2. The molecule has 0 saturated carbocycles. The molecule has 6 heteroatoms. The number of benzene rings is 1. The lowest BCUT2D eigenvalue weighted by molar-refractivity contribution is 0.240. The molecule has 2 N–H and O–H groups in total. The predicted octanol–water partition coefficient (Wildman–Crippen LogP) is 3.42. The highest BCUT2D eigenvalue weighted by molar-refractivity contribution is 7.71. The molecule has 0 aliphatic rings. The normalized spacial score (nSPS) is 10.9. The maximum atomic E-state index is 5.82. The minimum Gasteiger partial charge on any atom is -0.491 e. The van der Waals surface area contributed by atoms with Gasteiger partial charge in [-0.2, -0.15) is 5.10 Å². The molecular formula is C15H22N4OS. The third kappa shape index (κ3) is 4.07. The van der Waals surface area contributed by atoms with Gasteiger partial charge >= 0.3 is 0 Å². The van der Waals surface area contributed by atoms with Crippen LogP contribution in [0.25, 0.3) is 0 Å². The number of nitrogens with zero attached hydrogens (tertiary/aromatic N) is 2. The first kappa shape index (κ1) is 15.6. The summed E-state index contributed by atoms with van der Waals surface area (Å²) >= 11 is 5.26. The minimum absolute atomic E-state index is 0.151. The van der Waals surface area contributed by atoms with Gasteiger partial charge in [0.1, 0.15) is 5.75 Å². The van der Waals surface area contributed by atoms with Gasteiger partial charge in [-0.1, -0.05) is 25.1 Å². The first-order valence-electron chi connectivity index (χ1n) is 7.26. The number of ether oxygens (including phenoxy) is 1. The summed E-state index contributed by atoms with van der Waals surface area (Å²) in [6.45, 7) is 6.80. The standard InChI is InChI=1S/C15H22N4OS/c1-4-7-14-17-18-15(21)19(14)16-10-12-8-5-6-9-13(12)20-11(2)3/h5-6,8-9,11,16H,4,7,10H2,1-3H3,(H,18,21). The van der Waals surface area contributed by atoms with Crippen LogP contribution in [0.2, 0.25) is 0 Å². The molecule has 0 saturated heterocycles. The monoisotopic (exact) mass is 306 g/mol. The molecule has 5 nitrogen and oxygen atoms in total. The molecule has 0 atom stereocenters. The molecule has 21 heavy (non-hydrogen) atoms. The second-order valence-corrected chi connectivity index (χ2v) is 5.53. The van der Waals surface area contributed by atoms with E-state index in [2.05, 4.69) is 22.5 Å². The van der Waals surface area contributed by atoms with E-state index in [0.717, 1.165) is 30.0 Å². The van der Waals surface area contributed by atoms with Crippen molar-refractivity contribution in [2.75, 3.05) is 5.43 Å². The zero-order valence-corrected chi connectivity index (χ0v) is 13.5. The third-order valence-electron chi connectivity index (χ3n) is 2.98. The van der Waals surface area contributed by atoms with Crippen LogP contribution in [0.15, 0.2) is 24.3 Å². The summed E-state index contributed by atoms with van der Waals surface area (Å²) in [6, 6.07) is 8.02. The van der Waals surface area contributed by atoms with Crippen molar-refractivity contribution in [1.82, 2.24) is 14.9 Å². The van der Waals surface area contributed by atoms with Gasteiger partial charge in [0.05, 0.1) is 12.6 Å². The Labute approximate surface area is 130 Å². The van der Waals surface area contributed by atoms with Crippen molar-refractivity contribution in [2.24, 2.45) is 0 Å². The zero-order chi connectivity index (χ0) is 15.2. The number of rotatable bonds is 7. The largest absolute Gasteiger partial charge is 0.491 e. The lowest BCUT2D eigenvalue weighted by Gasteiger charge is -2.15. The fraction of sp³-hybridized carbons (Fsp3) is 0.467. The van der Waals surface area contributed by atoms with Crippen LogP contribution in [0.1, 0.15) is 38.6 Å². The molecule has 0 amide bonds. The number of nitrogens with one attached hydrogen (secondary N) is 2. The van der Waals surface area contributed by atoms with Gasteiger partial charge in [0, 0.05) is 12.0 Å². The van der Waals surface area contributed by atoms with Gasteiger partial charge < -0.3 is 10.2 Å². The Kier molecular flexibility index (Phi) is 5.38. The maximum Gasteiger partial charge on any atom is 0.214 e. The molecule has 1 aromatic heterocycles. The second-order valence-electron chi connectivity index (χ2n) is 5.14. The number of H-pyrrole nitrogens is 1. The Hall–Kier alpha value is -1.82. The van der Waals surface area contributed by atoms with E-state index in [1.165, 1.54) is 0 Å². The van der Waals surface area contributed by atoms with Gasteiger partial charge in [0.15, 0.2) is 5.82 Å². The summed E-state index contributed by atoms with van der Waals surface area (Å²) in [4.78, 5) is 0. The Morgan fingerprint density at radius 2 is 2.14 bits per heavy atom. The Balaban J connectivity index is 2.13. The summed E-state index contributed by atoms with van der Waals surface area (Å²) in [6.07, 6.45) is 2.05. The third-order valence-corrected chi connectivity index (χ3v) is 3.25. The van der Waals surface area contributed by atoms with Crippen molar-refractivity contribution in [3.63, 3.8) is 0 Å². The van der Waals surface area contributed by atoms with Gasteiger partial charge in [-0.3, -0.25) is 5.10 Å². The average Bonchev–Trinajstić information content (AvgIpc) is 2.79. The van der Waals surface area contributed by atoms with Gasteiger partial charge in [0.2, 0.25) is 4.77 Å². The molecular weight excluding hydrogens is 284 g/mol. The van der Waals surface area contributed by atoms with Crippen molar-refractivity contribution < 1.29 is 4.74 Å². The lowest BCUT2D eigenvalue weighted by atomic mass is 10.2. The van der Waals surface area contributed by atoms with Crippen LogP contribution in [0.3, 0.4) is 0 Å². The van der Waals surface area contributed by atoms with E-state index < -0.39 is 0 Å². The van der Waals surface area contributed by atoms with E-state index in [1.807, 2.05) is 42.8 Å². The SMILES string of the molecule is CCCc1n[nH]c(=S)n1NCc1ccccc1OC(C)C.